The second-order valence-corrected chi connectivity index (χ2v) is 3.72. The maximum Gasteiger partial charge on any atom is 0.451 e. The number of hydrogen-bond donors (Lipinski definition) is 0. The van der Waals surface area contributed by atoms with Gasteiger partial charge in [-0.05, 0) is 6.92 Å². The summed E-state index contributed by atoms with van der Waals surface area (Å²) in [6, 6.07) is 1.24. The van der Waals surface area contributed by atoms with Crippen molar-refractivity contribution in [1.29, 1.82) is 0 Å². The van der Waals surface area contributed by atoms with Gasteiger partial charge in [0.25, 0.3) is 0 Å². The molecule has 2 aromatic rings. The molecule has 0 radical (unpaired) electrons. The first-order valence-corrected chi connectivity index (χ1v) is 5.30. The van der Waals surface area contributed by atoms with Crippen LogP contribution in [0.15, 0.2) is 12.3 Å². The highest BCUT2D eigenvalue weighted by atomic mass is 35.5. The molecule has 2 aromatic heterocycles. The summed E-state index contributed by atoms with van der Waals surface area (Å²) in [4.78, 5) is 6.58. The van der Waals surface area contributed by atoms with E-state index in [0.717, 1.165) is 0 Å². The summed E-state index contributed by atoms with van der Waals surface area (Å²) in [5.74, 6) is -1.28. The van der Waals surface area contributed by atoms with Crippen molar-refractivity contribution < 1.29 is 13.2 Å². The van der Waals surface area contributed by atoms with Crippen LogP contribution < -0.4 is 0 Å². The molecule has 0 atom stereocenters. The van der Waals surface area contributed by atoms with E-state index >= 15 is 0 Å². The Morgan fingerprint density at radius 3 is 2.67 bits per heavy atom. The van der Waals surface area contributed by atoms with E-state index in [4.69, 9.17) is 11.6 Å². The molecule has 18 heavy (non-hydrogen) atoms. The molecule has 0 aromatic carbocycles. The Bertz CT molecular complexity index is 566. The predicted octanol–water partition coefficient (Wildman–Crippen LogP) is 2.43. The summed E-state index contributed by atoms with van der Waals surface area (Å²) in [5.41, 5.74) is 0.390. The first-order valence-electron chi connectivity index (χ1n) is 4.92. The SMILES string of the molecule is CCn1nncc1-c1cc(Cl)nc(C(F)(F)F)n1. The summed E-state index contributed by atoms with van der Waals surface area (Å²) in [5, 5.41) is 7.05. The van der Waals surface area contributed by atoms with Crippen molar-refractivity contribution in [2.75, 3.05) is 0 Å². The fraction of sp³-hybridized carbons (Fsp3) is 0.333. The molecule has 2 heterocycles. The molecule has 96 valence electrons. The molecule has 0 amide bonds. The first-order chi connectivity index (χ1) is 8.41. The van der Waals surface area contributed by atoms with E-state index in [-0.39, 0.29) is 10.8 Å². The lowest BCUT2D eigenvalue weighted by atomic mass is 10.3. The van der Waals surface area contributed by atoms with Crippen LogP contribution in [0.5, 0.6) is 0 Å². The third-order valence-corrected chi connectivity index (χ3v) is 2.32. The largest absolute Gasteiger partial charge is 0.451 e. The van der Waals surface area contributed by atoms with Gasteiger partial charge in [0.15, 0.2) is 0 Å². The van der Waals surface area contributed by atoms with Crippen LogP contribution in [0.2, 0.25) is 5.15 Å². The van der Waals surface area contributed by atoms with Gasteiger partial charge in [0.1, 0.15) is 10.8 Å². The Kier molecular flexibility index (Phi) is 3.20. The van der Waals surface area contributed by atoms with E-state index in [1.807, 2.05) is 0 Å². The summed E-state index contributed by atoms with van der Waals surface area (Å²) in [6.07, 6.45) is -3.33. The average molecular weight is 278 g/mol. The molecule has 0 saturated carbocycles. The van der Waals surface area contributed by atoms with Crippen LogP contribution in [0.25, 0.3) is 11.4 Å². The van der Waals surface area contributed by atoms with Crippen LogP contribution in [0.1, 0.15) is 12.7 Å². The lowest BCUT2D eigenvalue weighted by molar-refractivity contribution is -0.144. The standard InChI is InChI=1S/C9H7ClF3N5/c1-2-18-6(4-14-17-18)5-3-7(10)16-8(15-5)9(11,12)13/h3-4H,2H2,1H3. The number of halogens is 4. The third-order valence-electron chi connectivity index (χ3n) is 2.13. The Hall–Kier alpha value is -1.70. The zero-order valence-corrected chi connectivity index (χ0v) is 9.87. The van der Waals surface area contributed by atoms with E-state index < -0.39 is 12.0 Å². The predicted molar refractivity (Wildman–Crippen MR) is 56.7 cm³/mol. The smallest absolute Gasteiger partial charge is 0.243 e. The van der Waals surface area contributed by atoms with Gasteiger partial charge in [0, 0.05) is 12.6 Å². The van der Waals surface area contributed by atoms with Crippen LogP contribution in [-0.4, -0.2) is 25.0 Å². The van der Waals surface area contributed by atoms with Gasteiger partial charge >= 0.3 is 6.18 Å². The number of rotatable bonds is 2. The fourth-order valence-corrected chi connectivity index (χ4v) is 1.55. The zero-order chi connectivity index (χ0) is 13.3. The van der Waals surface area contributed by atoms with Crippen LogP contribution >= 0.6 is 11.6 Å². The minimum atomic E-state index is -4.65. The van der Waals surface area contributed by atoms with Crippen molar-refractivity contribution in [3.05, 3.63) is 23.2 Å². The first kappa shape index (κ1) is 12.7. The highest BCUT2D eigenvalue weighted by Crippen LogP contribution is 2.29. The van der Waals surface area contributed by atoms with Gasteiger partial charge in [-0.1, -0.05) is 16.8 Å². The highest BCUT2D eigenvalue weighted by molar-refractivity contribution is 6.29. The molecule has 0 aliphatic rings. The van der Waals surface area contributed by atoms with Crippen LogP contribution in [0.3, 0.4) is 0 Å². The van der Waals surface area contributed by atoms with E-state index in [2.05, 4.69) is 20.3 Å². The minimum absolute atomic E-state index is 0.0363. The number of aromatic nitrogens is 5. The van der Waals surface area contributed by atoms with E-state index in [9.17, 15) is 13.2 Å². The topological polar surface area (TPSA) is 56.5 Å². The summed E-state index contributed by atoms with van der Waals surface area (Å²) in [7, 11) is 0. The molecule has 9 heteroatoms. The zero-order valence-electron chi connectivity index (χ0n) is 9.11. The molecule has 0 aliphatic carbocycles. The van der Waals surface area contributed by atoms with Crippen molar-refractivity contribution in [2.24, 2.45) is 0 Å². The molecule has 0 spiro atoms. The molecule has 5 nitrogen and oxygen atoms in total. The summed E-state index contributed by atoms with van der Waals surface area (Å²) >= 11 is 5.57. The fourth-order valence-electron chi connectivity index (χ4n) is 1.37. The van der Waals surface area contributed by atoms with Gasteiger partial charge < -0.3 is 0 Å². The Morgan fingerprint density at radius 1 is 1.33 bits per heavy atom. The maximum atomic E-state index is 12.6. The molecular formula is C9H7ClF3N5. The molecule has 0 unspecified atom stereocenters. The number of hydrogen-bond acceptors (Lipinski definition) is 4. The maximum absolute atomic E-state index is 12.6. The molecule has 0 bridgehead atoms. The third kappa shape index (κ3) is 2.42. The monoisotopic (exact) mass is 277 g/mol. The number of aryl methyl sites for hydroxylation is 1. The molecule has 0 fully saturated rings. The normalized spacial score (nSPS) is 11.8. The Balaban J connectivity index is 2.56. The van der Waals surface area contributed by atoms with Gasteiger partial charge in [-0.3, -0.25) is 0 Å². The van der Waals surface area contributed by atoms with E-state index in [1.165, 1.54) is 16.9 Å². The second-order valence-electron chi connectivity index (χ2n) is 3.33. The Morgan fingerprint density at radius 2 is 2.06 bits per heavy atom. The average Bonchev–Trinajstić information content (AvgIpc) is 2.74. The van der Waals surface area contributed by atoms with Crippen LogP contribution in [0.4, 0.5) is 13.2 Å². The van der Waals surface area contributed by atoms with Gasteiger partial charge in [0.05, 0.1) is 11.9 Å². The van der Waals surface area contributed by atoms with E-state index in [1.54, 1.807) is 6.92 Å². The molecule has 0 saturated heterocycles. The van der Waals surface area contributed by atoms with Gasteiger partial charge in [-0.25, -0.2) is 14.6 Å². The van der Waals surface area contributed by atoms with Gasteiger partial charge in [0.2, 0.25) is 5.82 Å². The number of alkyl halides is 3. The van der Waals surface area contributed by atoms with Crippen molar-refractivity contribution in [3.8, 4) is 11.4 Å². The molecule has 0 aliphatic heterocycles. The van der Waals surface area contributed by atoms with Crippen molar-refractivity contribution in [2.45, 2.75) is 19.6 Å². The minimum Gasteiger partial charge on any atom is -0.243 e. The van der Waals surface area contributed by atoms with Gasteiger partial charge in [-0.15, -0.1) is 5.10 Å². The second kappa shape index (κ2) is 4.52. The van der Waals surface area contributed by atoms with Crippen molar-refractivity contribution in [3.63, 3.8) is 0 Å². The molecular weight excluding hydrogens is 271 g/mol. The van der Waals surface area contributed by atoms with Crippen LogP contribution in [-0.2, 0) is 12.7 Å². The quantitative estimate of drug-likeness (QED) is 0.791. The van der Waals surface area contributed by atoms with Crippen LogP contribution in [0, 0.1) is 0 Å². The highest BCUT2D eigenvalue weighted by Gasteiger charge is 2.35. The lowest BCUT2D eigenvalue weighted by Gasteiger charge is -2.08. The van der Waals surface area contributed by atoms with Gasteiger partial charge in [-0.2, -0.15) is 13.2 Å². The molecule has 2 rings (SSSR count). The summed E-state index contributed by atoms with van der Waals surface area (Å²) < 4.78 is 39.1. The van der Waals surface area contributed by atoms with Crippen molar-refractivity contribution >= 4 is 11.6 Å². The van der Waals surface area contributed by atoms with E-state index in [0.29, 0.717) is 12.2 Å². The lowest BCUT2D eigenvalue weighted by Crippen LogP contribution is -2.12. The number of nitrogens with zero attached hydrogens (tertiary/aromatic N) is 5. The molecule has 0 N–H and O–H groups in total. The van der Waals surface area contributed by atoms with Crippen molar-refractivity contribution in [1.82, 2.24) is 25.0 Å². The summed E-state index contributed by atoms with van der Waals surface area (Å²) in [6.45, 7) is 2.24. The Labute approximate surface area is 105 Å².